The Morgan fingerprint density at radius 2 is 2.00 bits per heavy atom. The van der Waals surface area contributed by atoms with Gasteiger partial charge in [-0.3, -0.25) is 0 Å². The van der Waals surface area contributed by atoms with Gasteiger partial charge in [-0.2, -0.15) is 0 Å². The Hall–Kier alpha value is -2.57. The number of hydrogen-bond donors (Lipinski definition) is 2. The molecule has 1 aliphatic rings. The third-order valence-corrected chi connectivity index (χ3v) is 4.62. The minimum Gasteiger partial charge on any atom is -0.507 e. The molecule has 1 atom stereocenters. The molecule has 4 rings (SSSR count). The summed E-state index contributed by atoms with van der Waals surface area (Å²) in [5.74, 6) is 0.607. The van der Waals surface area contributed by atoms with E-state index < -0.39 is 5.63 Å². The van der Waals surface area contributed by atoms with Crippen LogP contribution in [0, 0.1) is 13.8 Å². The van der Waals surface area contributed by atoms with Crippen LogP contribution in [0.5, 0.6) is 5.75 Å². The Balaban J connectivity index is 1.78. The van der Waals surface area contributed by atoms with Crippen molar-refractivity contribution in [3.05, 3.63) is 51.4 Å². The lowest BCUT2D eigenvalue weighted by Crippen LogP contribution is -2.33. The second-order valence-electron chi connectivity index (χ2n) is 6.29. The first-order valence-corrected chi connectivity index (χ1v) is 8.24. The highest BCUT2D eigenvalue weighted by atomic mass is 16.5. The highest BCUT2D eigenvalue weighted by molar-refractivity contribution is 5.83. The number of rotatable bonds is 2. The van der Waals surface area contributed by atoms with E-state index in [4.69, 9.17) is 13.6 Å². The standard InChI is InChI=1S/C19H19NO5/c1-10-17(21)11(2)19(22)25-18(10)15-8-13-7-12(3-4-14(13)24-15)16-9-20-5-6-23-16/h3-4,7-8,16,20-21H,5-6,9H2,1-2H3. The minimum atomic E-state index is -0.569. The number of ether oxygens (including phenoxy) is 1. The summed E-state index contributed by atoms with van der Waals surface area (Å²) in [4.78, 5) is 11.9. The monoisotopic (exact) mass is 341 g/mol. The van der Waals surface area contributed by atoms with Gasteiger partial charge in [0.2, 0.25) is 0 Å². The molecule has 1 fully saturated rings. The molecule has 6 heteroatoms. The van der Waals surface area contributed by atoms with Crippen LogP contribution in [0.1, 0.15) is 22.8 Å². The third kappa shape index (κ3) is 2.73. The molecular weight excluding hydrogens is 322 g/mol. The first kappa shape index (κ1) is 15.9. The number of benzene rings is 1. The normalized spacial score (nSPS) is 17.9. The van der Waals surface area contributed by atoms with Gasteiger partial charge >= 0.3 is 5.63 Å². The number of fused-ring (bicyclic) bond motifs is 1. The maximum Gasteiger partial charge on any atom is 0.343 e. The topological polar surface area (TPSA) is 84.8 Å². The van der Waals surface area contributed by atoms with Crippen LogP contribution in [0.15, 0.2) is 37.9 Å². The van der Waals surface area contributed by atoms with E-state index in [0.29, 0.717) is 23.5 Å². The summed E-state index contributed by atoms with van der Waals surface area (Å²) in [6.45, 7) is 5.55. The fourth-order valence-corrected chi connectivity index (χ4v) is 3.12. The van der Waals surface area contributed by atoms with Crippen molar-refractivity contribution in [2.24, 2.45) is 0 Å². The van der Waals surface area contributed by atoms with Crippen LogP contribution in [0.4, 0.5) is 0 Å². The molecule has 2 N–H and O–H groups in total. The number of aromatic hydroxyl groups is 1. The van der Waals surface area contributed by atoms with Crippen molar-refractivity contribution in [3.8, 4) is 17.3 Å². The molecule has 2 aromatic heterocycles. The van der Waals surface area contributed by atoms with Gasteiger partial charge in [0.25, 0.3) is 0 Å². The summed E-state index contributed by atoms with van der Waals surface area (Å²) < 4.78 is 16.9. The van der Waals surface area contributed by atoms with Gasteiger partial charge < -0.3 is 24.0 Å². The zero-order chi connectivity index (χ0) is 17.6. The van der Waals surface area contributed by atoms with Crippen molar-refractivity contribution >= 4 is 11.0 Å². The van der Waals surface area contributed by atoms with Crippen LogP contribution < -0.4 is 10.9 Å². The number of hydrogen-bond acceptors (Lipinski definition) is 6. The molecule has 1 aliphatic heterocycles. The number of furan rings is 1. The van der Waals surface area contributed by atoms with E-state index >= 15 is 0 Å². The van der Waals surface area contributed by atoms with E-state index in [2.05, 4.69) is 5.32 Å². The fourth-order valence-electron chi connectivity index (χ4n) is 3.12. The molecule has 25 heavy (non-hydrogen) atoms. The lowest BCUT2D eigenvalue weighted by molar-refractivity contribution is 0.0278. The van der Waals surface area contributed by atoms with Gasteiger partial charge in [-0.05, 0) is 37.6 Å². The summed E-state index contributed by atoms with van der Waals surface area (Å²) in [5.41, 5.74) is 1.86. The SMILES string of the molecule is Cc1c(-c2cc3cc(C4CNCCO4)ccc3o2)oc(=O)c(C)c1O. The average molecular weight is 341 g/mol. The van der Waals surface area contributed by atoms with Crippen molar-refractivity contribution in [3.63, 3.8) is 0 Å². The molecule has 130 valence electrons. The first-order chi connectivity index (χ1) is 12.0. The van der Waals surface area contributed by atoms with Gasteiger partial charge in [-0.15, -0.1) is 0 Å². The Morgan fingerprint density at radius 1 is 1.16 bits per heavy atom. The smallest absolute Gasteiger partial charge is 0.343 e. The molecule has 0 spiro atoms. The molecule has 0 saturated carbocycles. The molecule has 0 radical (unpaired) electrons. The summed E-state index contributed by atoms with van der Waals surface area (Å²) in [5, 5.41) is 14.3. The zero-order valence-corrected chi connectivity index (χ0v) is 14.1. The molecule has 0 amide bonds. The van der Waals surface area contributed by atoms with E-state index in [1.54, 1.807) is 6.92 Å². The van der Waals surface area contributed by atoms with E-state index in [1.807, 2.05) is 24.3 Å². The van der Waals surface area contributed by atoms with Crippen LogP contribution in [0.25, 0.3) is 22.5 Å². The van der Waals surface area contributed by atoms with Crippen LogP contribution in [-0.2, 0) is 4.74 Å². The molecule has 1 saturated heterocycles. The van der Waals surface area contributed by atoms with Crippen molar-refractivity contribution in [1.82, 2.24) is 5.32 Å². The van der Waals surface area contributed by atoms with Gasteiger partial charge in [0, 0.05) is 24.0 Å². The molecule has 0 aliphatic carbocycles. The number of morpholine rings is 1. The summed E-state index contributed by atoms with van der Waals surface area (Å²) in [7, 11) is 0. The Kier molecular flexibility index (Phi) is 3.86. The molecule has 6 nitrogen and oxygen atoms in total. The first-order valence-electron chi connectivity index (χ1n) is 8.24. The second-order valence-corrected chi connectivity index (χ2v) is 6.29. The Morgan fingerprint density at radius 3 is 2.76 bits per heavy atom. The molecule has 3 aromatic rings. The predicted octanol–water partition coefficient (Wildman–Crippen LogP) is 3.04. The molecule has 1 unspecified atom stereocenters. The van der Waals surface area contributed by atoms with Crippen LogP contribution in [0.2, 0.25) is 0 Å². The van der Waals surface area contributed by atoms with Crippen molar-refractivity contribution in [2.75, 3.05) is 19.7 Å². The zero-order valence-electron chi connectivity index (χ0n) is 14.1. The maximum atomic E-state index is 11.9. The number of nitrogens with one attached hydrogen (secondary N) is 1. The fraction of sp³-hybridized carbons (Fsp3) is 0.316. The van der Waals surface area contributed by atoms with Crippen molar-refractivity contribution in [1.29, 1.82) is 0 Å². The predicted molar refractivity (Wildman–Crippen MR) is 92.9 cm³/mol. The van der Waals surface area contributed by atoms with E-state index in [0.717, 1.165) is 24.0 Å². The van der Waals surface area contributed by atoms with Crippen LogP contribution >= 0.6 is 0 Å². The van der Waals surface area contributed by atoms with Crippen molar-refractivity contribution < 1.29 is 18.7 Å². The largest absolute Gasteiger partial charge is 0.507 e. The minimum absolute atomic E-state index is 0.0135. The van der Waals surface area contributed by atoms with Gasteiger partial charge in [0.05, 0.1) is 18.3 Å². The quantitative estimate of drug-likeness (QED) is 0.745. The highest BCUT2D eigenvalue weighted by Gasteiger charge is 2.20. The van der Waals surface area contributed by atoms with Gasteiger partial charge in [-0.25, -0.2) is 4.79 Å². The van der Waals surface area contributed by atoms with Gasteiger partial charge in [0.15, 0.2) is 11.5 Å². The van der Waals surface area contributed by atoms with E-state index in [1.165, 1.54) is 6.92 Å². The van der Waals surface area contributed by atoms with Crippen LogP contribution in [0.3, 0.4) is 0 Å². The highest BCUT2D eigenvalue weighted by Crippen LogP contribution is 2.34. The van der Waals surface area contributed by atoms with Crippen LogP contribution in [-0.4, -0.2) is 24.8 Å². The summed E-state index contributed by atoms with van der Waals surface area (Å²) in [6.07, 6.45) is 0.0135. The Labute approximate surface area is 144 Å². The molecular formula is C19H19NO5. The summed E-state index contributed by atoms with van der Waals surface area (Å²) >= 11 is 0. The maximum absolute atomic E-state index is 11.9. The molecule has 1 aromatic carbocycles. The lowest BCUT2D eigenvalue weighted by Gasteiger charge is -2.23. The van der Waals surface area contributed by atoms with Gasteiger partial charge in [0.1, 0.15) is 11.3 Å². The third-order valence-electron chi connectivity index (χ3n) is 4.62. The average Bonchev–Trinajstić information content (AvgIpc) is 3.06. The van der Waals surface area contributed by atoms with Gasteiger partial charge in [-0.1, -0.05) is 6.07 Å². The molecule has 0 bridgehead atoms. The van der Waals surface area contributed by atoms with Crippen molar-refractivity contribution in [2.45, 2.75) is 20.0 Å². The summed E-state index contributed by atoms with van der Waals surface area (Å²) in [6, 6.07) is 7.69. The Bertz CT molecular complexity index is 995. The second kappa shape index (κ2) is 6.06. The van der Waals surface area contributed by atoms with E-state index in [9.17, 15) is 9.90 Å². The lowest BCUT2D eigenvalue weighted by atomic mass is 10.1. The van der Waals surface area contributed by atoms with E-state index in [-0.39, 0.29) is 23.2 Å². The molecule has 3 heterocycles.